The van der Waals surface area contributed by atoms with Crippen LogP contribution >= 0.6 is 0 Å². The highest BCUT2D eigenvalue weighted by molar-refractivity contribution is 5.99. The van der Waals surface area contributed by atoms with Crippen LogP contribution < -0.4 is 11.5 Å². The molecule has 1 unspecified atom stereocenters. The molecule has 1 atom stereocenters. The predicted octanol–water partition coefficient (Wildman–Crippen LogP) is 1.97. The van der Waals surface area contributed by atoms with Gasteiger partial charge in [-0.3, -0.25) is 4.79 Å². The topological polar surface area (TPSA) is 72.3 Å². The Morgan fingerprint density at radius 3 is 2.29 bits per heavy atom. The minimum Gasteiger partial charge on any atom is -0.399 e. The molecule has 0 saturated carbocycles. The third kappa shape index (κ3) is 2.90. The third-order valence-corrected chi connectivity index (χ3v) is 3.20. The molecule has 0 spiro atoms. The number of nitrogens with two attached hydrogens (primary N) is 2. The summed E-state index contributed by atoms with van der Waals surface area (Å²) in [6.07, 6.45) is 0. The Kier molecular flexibility index (Phi) is 3.99. The number of rotatable bonds is 3. The van der Waals surface area contributed by atoms with Crippen molar-refractivity contribution in [2.45, 2.75) is 26.8 Å². The number of benzene rings is 1. The maximum absolute atomic E-state index is 12.2. The van der Waals surface area contributed by atoms with E-state index in [0.717, 1.165) is 0 Å². The number of hydrogen-bond acceptors (Lipinski definition) is 3. The normalized spacial score (nSPS) is 12.5. The molecule has 0 bridgehead atoms. The Morgan fingerprint density at radius 1 is 1.24 bits per heavy atom. The van der Waals surface area contributed by atoms with Crippen molar-refractivity contribution >= 4 is 17.3 Å². The van der Waals surface area contributed by atoms with Gasteiger partial charge in [0, 0.05) is 24.5 Å². The lowest BCUT2D eigenvalue weighted by molar-refractivity contribution is 0.0708. The molecular formula is C13H21N3O. The van der Waals surface area contributed by atoms with Crippen molar-refractivity contribution in [1.29, 1.82) is 0 Å². The predicted molar refractivity (Wildman–Crippen MR) is 71.7 cm³/mol. The van der Waals surface area contributed by atoms with E-state index < -0.39 is 0 Å². The molecule has 0 aromatic heterocycles. The first-order valence-corrected chi connectivity index (χ1v) is 5.76. The van der Waals surface area contributed by atoms with Gasteiger partial charge in [0.25, 0.3) is 5.91 Å². The van der Waals surface area contributed by atoms with Gasteiger partial charge in [0.15, 0.2) is 0 Å². The van der Waals surface area contributed by atoms with Gasteiger partial charge in [-0.15, -0.1) is 0 Å². The minimum atomic E-state index is -0.0660. The van der Waals surface area contributed by atoms with Gasteiger partial charge >= 0.3 is 0 Å². The van der Waals surface area contributed by atoms with Gasteiger partial charge in [-0.25, -0.2) is 0 Å². The Bertz CT molecular complexity index is 415. The fourth-order valence-corrected chi connectivity index (χ4v) is 1.60. The van der Waals surface area contributed by atoms with Gasteiger partial charge in [-0.2, -0.15) is 0 Å². The van der Waals surface area contributed by atoms with Crippen LogP contribution in [0, 0.1) is 5.92 Å². The average molecular weight is 235 g/mol. The molecule has 0 aliphatic rings. The molecule has 94 valence electrons. The lowest BCUT2D eigenvalue weighted by Gasteiger charge is -2.28. The van der Waals surface area contributed by atoms with E-state index in [1.165, 1.54) is 0 Å². The van der Waals surface area contributed by atoms with E-state index in [4.69, 9.17) is 11.5 Å². The SMILES string of the molecule is CC(C)C(C)N(C)C(=O)c1ccc(N)cc1N. The van der Waals surface area contributed by atoms with Gasteiger partial charge in [-0.1, -0.05) is 13.8 Å². The van der Waals surface area contributed by atoms with Crippen molar-refractivity contribution in [3.8, 4) is 0 Å². The quantitative estimate of drug-likeness (QED) is 0.787. The first-order chi connectivity index (χ1) is 7.84. The number of nitrogen functional groups attached to an aromatic ring is 2. The molecule has 17 heavy (non-hydrogen) atoms. The zero-order valence-corrected chi connectivity index (χ0v) is 10.9. The highest BCUT2D eigenvalue weighted by Gasteiger charge is 2.21. The summed E-state index contributed by atoms with van der Waals surface area (Å²) in [6, 6.07) is 5.15. The van der Waals surface area contributed by atoms with Crippen molar-refractivity contribution < 1.29 is 4.79 Å². The minimum absolute atomic E-state index is 0.0660. The van der Waals surface area contributed by atoms with E-state index in [0.29, 0.717) is 22.9 Å². The number of carbonyl (C=O) groups is 1. The van der Waals surface area contributed by atoms with E-state index in [1.807, 2.05) is 6.92 Å². The maximum Gasteiger partial charge on any atom is 0.255 e. The third-order valence-electron chi connectivity index (χ3n) is 3.20. The second kappa shape index (κ2) is 5.08. The molecule has 4 heteroatoms. The van der Waals surface area contributed by atoms with Gasteiger partial charge in [0.05, 0.1) is 5.56 Å². The molecular weight excluding hydrogens is 214 g/mol. The van der Waals surface area contributed by atoms with Gasteiger partial charge < -0.3 is 16.4 Å². The van der Waals surface area contributed by atoms with Crippen LogP contribution in [0.4, 0.5) is 11.4 Å². The summed E-state index contributed by atoms with van der Waals surface area (Å²) >= 11 is 0. The molecule has 1 rings (SSSR count). The highest BCUT2D eigenvalue weighted by atomic mass is 16.2. The van der Waals surface area contributed by atoms with E-state index >= 15 is 0 Å². The number of amides is 1. The Hall–Kier alpha value is -1.71. The van der Waals surface area contributed by atoms with Crippen molar-refractivity contribution in [1.82, 2.24) is 4.90 Å². The van der Waals surface area contributed by atoms with Gasteiger partial charge in [0.1, 0.15) is 0 Å². The summed E-state index contributed by atoms with van der Waals surface area (Å²) in [5, 5.41) is 0. The fraction of sp³-hybridized carbons (Fsp3) is 0.462. The molecule has 1 aromatic carbocycles. The zero-order chi connectivity index (χ0) is 13.2. The van der Waals surface area contributed by atoms with Crippen molar-refractivity contribution in [3.05, 3.63) is 23.8 Å². The van der Waals surface area contributed by atoms with Crippen LogP contribution in [-0.4, -0.2) is 23.9 Å². The van der Waals surface area contributed by atoms with E-state index in [-0.39, 0.29) is 11.9 Å². The summed E-state index contributed by atoms with van der Waals surface area (Å²) in [4.78, 5) is 13.9. The molecule has 0 saturated heterocycles. The zero-order valence-electron chi connectivity index (χ0n) is 10.9. The largest absolute Gasteiger partial charge is 0.399 e. The summed E-state index contributed by atoms with van der Waals surface area (Å²) in [7, 11) is 1.79. The lowest BCUT2D eigenvalue weighted by Crippen LogP contribution is -2.38. The van der Waals surface area contributed by atoms with Crippen molar-refractivity contribution in [3.63, 3.8) is 0 Å². The highest BCUT2D eigenvalue weighted by Crippen LogP contribution is 2.19. The van der Waals surface area contributed by atoms with Crippen molar-refractivity contribution in [2.75, 3.05) is 18.5 Å². The second-order valence-corrected chi connectivity index (χ2v) is 4.75. The first kappa shape index (κ1) is 13.4. The Morgan fingerprint density at radius 2 is 1.82 bits per heavy atom. The number of anilines is 2. The summed E-state index contributed by atoms with van der Waals surface area (Å²) < 4.78 is 0. The average Bonchev–Trinajstić information content (AvgIpc) is 2.26. The van der Waals surface area contributed by atoms with Crippen LogP contribution in [0.2, 0.25) is 0 Å². The Labute approximate surface area is 103 Å². The number of hydrogen-bond donors (Lipinski definition) is 2. The molecule has 1 amide bonds. The lowest BCUT2D eigenvalue weighted by atomic mass is 10.0. The molecule has 0 radical (unpaired) electrons. The van der Waals surface area contributed by atoms with Crippen LogP contribution in [0.5, 0.6) is 0 Å². The van der Waals surface area contributed by atoms with Crippen LogP contribution in [0.25, 0.3) is 0 Å². The fourth-order valence-electron chi connectivity index (χ4n) is 1.60. The molecule has 0 aliphatic carbocycles. The van der Waals surface area contributed by atoms with Crippen molar-refractivity contribution in [2.24, 2.45) is 5.92 Å². The molecule has 4 N–H and O–H groups in total. The molecule has 4 nitrogen and oxygen atoms in total. The Balaban J connectivity index is 2.96. The van der Waals surface area contributed by atoms with E-state index in [9.17, 15) is 4.79 Å². The van der Waals surface area contributed by atoms with Crippen LogP contribution in [-0.2, 0) is 0 Å². The molecule has 1 aromatic rings. The standard InChI is InChI=1S/C13H21N3O/c1-8(2)9(3)16(4)13(17)11-6-5-10(14)7-12(11)15/h5-9H,14-15H2,1-4H3. The maximum atomic E-state index is 12.2. The van der Waals surface area contributed by atoms with Gasteiger partial charge in [0.2, 0.25) is 0 Å². The van der Waals surface area contributed by atoms with E-state index in [1.54, 1.807) is 30.1 Å². The molecule has 0 aliphatic heterocycles. The summed E-state index contributed by atoms with van der Waals surface area (Å²) in [5.74, 6) is 0.336. The number of nitrogens with zero attached hydrogens (tertiary/aromatic N) is 1. The van der Waals surface area contributed by atoms with Gasteiger partial charge in [-0.05, 0) is 31.0 Å². The molecule has 0 fully saturated rings. The smallest absolute Gasteiger partial charge is 0.255 e. The first-order valence-electron chi connectivity index (χ1n) is 5.76. The molecule has 0 heterocycles. The van der Waals surface area contributed by atoms with Crippen LogP contribution in [0.1, 0.15) is 31.1 Å². The van der Waals surface area contributed by atoms with E-state index in [2.05, 4.69) is 13.8 Å². The second-order valence-electron chi connectivity index (χ2n) is 4.75. The summed E-state index contributed by atoms with van der Waals surface area (Å²) in [6.45, 7) is 6.19. The van der Waals surface area contributed by atoms with Crippen LogP contribution in [0.3, 0.4) is 0 Å². The summed E-state index contributed by atoms with van der Waals surface area (Å²) in [5.41, 5.74) is 12.9. The van der Waals surface area contributed by atoms with Crippen LogP contribution in [0.15, 0.2) is 18.2 Å². The monoisotopic (exact) mass is 235 g/mol. The number of carbonyl (C=O) groups excluding carboxylic acids is 1.